The molecule has 3 aromatic rings. The van der Waals surface area contributed by atoms with Crippen molar-refractivity contribution in [3.8, 4) is 23.0 Å². The molecule has 0 radical (unpaired) electrons. The maximum atomic E-state index is 5.60. The molecule has 1 heterocycles. The van der Waals surface area contributed by atoms with Gasteiger partial charge in [-0.2, -0.15) is 0 Å². The Morgan fingerprint density at radius 3 is 2.55 bits per heavy atom. The number of hydrogen-bond acceptors (Lipinski definition) is 5. The van der Waals surface area contributed by atoms with Crippen molar-refractivity contribution in [2.45, 2.75) is 6.61 Å². The summed E-state index contributed by atoms with van der Waals surface area (Å²) >= 11 is 3.41. The van der Waals surface area contributed by atoms with Crippen LogP contribution in [0.4, 0.5) is 0 Å². The Balaban J connectivity index is 1.66. The number of aromatic nitrogens is 2. The minimum atomic E-state index is 0.216. The Labute approximate surface area is 136 Å². The summed E-state index contributed by atoms with van der Waals surface area (Å²) in [6.07, 6.45) is 0. The average Bonchev–Trinajstić information content (AvgIpc) is 3.02. The monoisotopic (exact) mass is 360 g/mol. The Morgan fingerprint density at radius 2 is 1.82 bits per heavy atom. The summed E-state index contributed by atoms with van der Waals surface area (Å²) in [7, 11) is 1.62. The van der Waals surface area contributed by atoms with Gasteiger partial charge in [0.25, 0.3) is 5.89 Å². The number of methoxy groups -OCH3 is 1. The summed E-state index contributed by atoms with van der Waals surface area (Å²) in [6, 6.07) is 15.0. The zero-order valence-electron chi connectivity index (χ0n) is 11.8. The van der Waals surface area contributed by atoms with E-state index in [9.17, 15) is 0 Å². The molecule has 22 heavy (non-hydrogen) atoms. The maximum absolute atomic E-state index is 5.60. The molecule has 112 valence electrons. The number of rotatable bonds is 5. The first-order chi connectivity index (χ1) is 10.7. The lowest BCUT2D eigenvalue weighted by Gasteiger charge is -2.04. The molecule has 6 heteroatoms. The minimum absolute atomic E-state index is 0.216. The fraction of sp³-hybridized carbons (Fsp3) is 0.125. The van der Waals surface area contributed by atoms with Gasteiger partial charge in [0.05, 0.1) is 7.11 Å². The number of nitrogens with zero attached hydrogens (tertiary/aromatic N) is 2. The standard InChI is InChI=1S/C16H13BrN2O3/c1-20-13-5-7-14(8-6-13)21-10-15-18-19-16(22-15)11-3-2-4-12(17)9-11/h2-9H,10H2,1H3. The highest BCUT2D eigenvalue weighted by atomic mass is 79.9. The molecule has 1 aromatic heterocycles. The molecule has 0 amide bonds. The van der Waals surface area contributed by atoms with Crippen LogP contribution in [0.25, 0.3) is 11.5 Å². The van der Waals surface area contributed by atoms with Crippen LogP contribution < -0.4 is 9.47 Å². The van der Waals surface area contributed by atoms with E-state index in [4.69, 9.17) is 13.9 Å². The van der Waals surface area contributed by atoms with Crippen LogP contribution in [-0.4, -0.2) is 17.3 Å². The van der Waals surface area contributed by atoms with Crippen molar-refractivity contribution >= 4 is 15.9 Å². The van der Waals surface area contributed by atoms with Gasteiger partial charge in [-0.05, 0) is 42.5 Å². The zero-order chi connectivity index (χ0) is 15.4. The van der Waals surface area contributed by atoms with E-state index in [0.717, 1.165) is 15.8 Å². The largest absolute Gasteiger partial charge is 0.497 e. The molecule has 0 atom stereocenters. The van der Waals surface area contributed by atoms with E-state index in [1.54, 1.807) is 7.11 Å². The van der Waals surface area contributed by atoms with Crippen LogP contribution in [0.1, 0.15) is 5.89 Å². The van der Waals surface area contributed by atoms with Crippen molar-refractivity contribution in [2.75, 3.05) is 7.11 Å². The van der Waals surface area contributed by atoms with Gasteiger partial charge in [-0.15, -0.1) is 10.2 Å². The van der Waals surface area contributed by atoms with Crippen molar-refractivity contribution in [3.63, 3.8) is 0 Å². The molecule has 2 aromatic carbocycles. The summed E-state index contributed by atoms with van der Waals surface area (Å²) in [5.41, 5.74) is 0.859. The molecule has 0 N–H and O–H groups in total. The fourth-order valence-electron chi connectivity index (χ4n) is 1.87. The number of ether oxygens (including phenoxy) is 2. The fourth-order valence-corrected chi connectivity index (χ4v) is 2.27. The lowest BCUT2D eigenvalue weighted by molar-refractivity contribution is 0.264. The molecular formula is C16H13BrN2O3. The smallest absolute Gasteiger partial charge is 0.254 e. The van der Waals surface area contributed by atoms with Gasteiger partial charge < -0.3 is 13.9 Å². The quantitative estimate of drug-likeness (QED) is 0.685. The molecule has 0 unspecified atom stereocenters. The van der Waals surface area contributed by atoms with Gasteiger partial charge in [0, 0.05) is 10.0 Å². The van der Waals surface area contributed by atoms with E-state index in [0.29, 0.717) is 17.5 Å². The van der Waals surface area contributed by atoms with Crippen molar-refractivity contribution in [2.24, 2.45) is 0 Å². The van der Waals surface area contributed by atoms with Gasteiger partial charge in [-0.25, -0.2) is 0 Å². The van der Waals surface area contributed by atoms with Gasteiger partial charge in [0.2, 0.25) is 5.89 Å². The average molecular weight is 361 g/mol. The van der Waals surface area contributed by atoms with Crippen LogP contribution in [0.3, 0.4) is 0 Å². The predicted molar refractivity (Wildman–Crippen MR) is 84.8 cm³/mol. The Bertz CT molecular complexity index is 756. The second kappa shape index (κ2) is 6.62. The summed E-state index contributed by atoms with van der Waals surface area (Å²) in [6.45, 7) is 0.216. The van der Waals surface area contributed by atoms with Crippen LogP contribution in [0.5, 0.6) is 11.5 Å². The Hall–Kier alpha value is -2.34. The van der Waals surface area contributed by atoms with Crippen molar-refractivity contribution in [1.29, 1.82) is 0 Å². The Morgan fingerprint density at radius 1 is 1.05 bits per heavy atom. The third kappa shape index (κ3) is 3.46. The first-order valence-corrected chi connectivity index (χ1v) is 7.39. The SMILES string of the molecule is COc1ccc(OCc2nnc(-c3cccc(Br)c3)o2)cc1. The zero-order valence-corrected chi connectivity index (χ0v) is 13.4. The summed E-state index contributed by atoms with van der Waals surface area (Å²) < 4.78 is 17.3. The van der Waals surface area contributed by atoms with Crippen molar-refractivity contribution < 1.29 is 13.9 Å². The van der Waals surface area contributed by atoms with Gasteiger partial charge in [-0.1, -0.05) is 22.0 Å². The van der Waals surface area contributed by atoms with E-state index in [-0.39, 0.29) is 6.61 Å². The van der Waals surface area contributed by atoms with Crippen LogP contribution in [0, 0.1) is 0 Å². The molecule has 5 nitrogen and oxygen atoms in total. The number of hydrogen-bond donors (Lipinski definition) is 0. The van der Waals surface area contributed by atoms with E-state index < -0.39 is 0 Å². The highest BCUT2D eigenvalue weighted by Gasteiger charge is 2.09. The summed E-state index contributed by atoms with van der Waals surface area (Å²) in [5, 5.41) is 8.02. The maximum Gasteiger partial charge on any atom is 0.254 e. The number of benzene rings is 2. The molecule has 0 aliphatic carbocycles. The summed E-state index contributed by atoms with van der Waals surface area (Å²) in [5.74, 6) is 2.38. The minimum Gasteiger partial charge on any atom is -0.497 e. The number of halogens is 1. The van der Waals surface area contributed by atoms with Crippen LogP contribution in [-0.2, 0) is 6.61 Å². The second-order valence-corrected chi connectivity index (χ2v) is 5.39. The topological polar surface area (TPSA) is 57.4 Å². The first-order valence-electron chi connectivity index (χ1n) is 6.60. The van der Waals surface area contributed by atoms with Crippen molar-refractivity contribution in [3.05, 3.63) is 58.9 Å². The normalized spacial score (nSPS) is 10.5. The van der Waals surface area contributed by atoms with Crippen molar-refractivity contribution in [1.82, 2.24) is 10.2 Å². The molecule has 0 spiro atoms. The lowest BCUT2D eigenvalue weighted by atomic mass is 10.2. The molecule has 0 aliphatic heterocycles. The van der Waals surface area contributed by atoms with E-state index in [1.165, 1.54) is 0 Å². The van der Waals surface area contributed by atoms with Gasteiger partial charge >= 0.3 is 0 Å². The van der Waals surface area contributed by atoms with Crippen LogP contribution >= 0.6 is 15.9 Å². The van der Waals surface area contributed by atoms with Crippen LogP contribution in [0.2, 0.25) is 0 Å². The Kier molecular flexibility index (Phi) is 4.39. The van der Waals surface area contributed by atoms with Crippen LogP contribution in [0.15, 0.2) is 57.4 Å². The molecule has 3 rings (SSSR count). The molecule has 0 saturated heterocycles. The third-order valence-corrected chi connectivity index (χ3v) is 3.45. The summed E-state index contributed by atoms with van der Waals surface area (Å²) in [4.78, 5) is 0. The predicted octanol–water partition coefficient (Wildman–Crippen LogP) is 4.09. The molecule has 0 saturated carbocycles. The van der Waals surface area contributed by atoms with Gasteiger partial charge in [0.1, 0.15) is 11.5 Å². The third-order valence-electron chi connectivity index (χ3n) is 2.96. The van der Waals surface area contributed by atoms with E-state index in [2.05, 4.69) is 26.1 Å². The van der Waals surface area contributed by atoms with E-state index in [1.807, 2.05) is 48.5 Å². The molecule has 0 fully saturated rings. The second-order valence-electron chi connectivity index (χ2n) is 4.48. The van der Waals surface area contributed by atoms with Gasteiger partial charge in [-0.3, -0.25) is 0 Å². The molecule has 0 bridgehead atoms. The molecule has 0 aliphatic rings. The lowest BCUT2D eigenvalue weighted by Crippen LogP contribution is -1.95. The highest BCUT2D eigenvalue weighted by Crippen LogP contribution is 2.22. The van der Waals surface area contributed by atoms with E-state index >= 15 is 0 Å². The van der Waals surface area contributed by atoms with Gasteiger partial charge in [0.15, 0.2) is 6.61 Å². The molecular weight excluding hydrogens is 348 g/mol. The first kappa shape index (κ1) is 14.6. The highest BCUT2D eigenvalue weighted by molar-refractivity contribution is 9.10.